The van der Waals surface area contributed by atoms with Gasteiger partial charge >= 0.3 is 6.18 Å². The molecule has 4 nitrogen and oxygen atoms in total. The fourth-order valence-corrected chi connectivity index (χ4v) is 4.47. The summed E-state index contributed by atoms with van der Waals surface area (Å²) in [5.74, 6) is 0.461. The van der Waals surface area contributed by atoms with Crippen LogP contribution < -0.4 is 10.1 Å². The molecule has 0 radical (unpaired) electrons. The van der Waals surface area contributed by atoms with Crippen LogP contribution in [0.4, 0.5) is 13.2 Å². The molecule has 35 heavy (non-hydrogen) atoms. The van der Waals surface area contributed by atoms with E-state index in [0.717, 1.165) is 29.0 Å². The summed E-state index contributed by atoms with van der Waals surface area (Å²) in [6.07, 6.45) is -3.40. The number of thiophene rings is 1. The quantitative estimate of drug-likeness (QED) is 0.305. The second-order valence-electron chi connectivity index (χ2n) is 9.51. The Morgan fingerprint density at radius 1 is 0.971 bits per heavy atom. The Kier molecular flexibility index (Phi) is 8.61. The molecular formula is C27H30F3NO3S. The van der Waals surface area contributed by atoms with E-state index in [1.807, 2.05) is 18.2 Å². The van der Waals surface area contributed by atoms with Gasteiger partial charge in [-0.3, -0.25) is 4.79 Å². The number of nitrogens with one attached hydrogen (secondary N) is 1. The summed E-state index contributed by atoms with van der Waals surface area (Å²) in [6, 6.07) is 16.0. The average Bonchev–Trinajstić information content (AvgIpc) is 3.28. The molecule has 0 aliphatic carbocycles. The van der Waals surface area contributed by atoms with Crippen molar-refractivity contribution in [3.05, 3.63) is 76.0 Å². The van der Waals surface area contributed by atoms with Crippen LogP contribution in [0.3, 0.4) is 0 Å². The van der Waals surface area contributed by atoms with Crippen LogP contribution in [0.5, 0.6) is 5.75 Å². The molecule has 8 heteroatoms. The standard InChI is InChI=1S/C27H30F3NO3S/c1-26(2,3)17-22(23-13-14-24(35-23)25(33)31-15-4-16-32)34-21-11-7-19(8-12-21)18-5-9-20(10-6-18)27(28,29)30/h5-14,22,32H,4,15-17H2,1-3H3,(H,31,33). The molecule has 3 rings (SSSR count). The number of aliphatic hydroxyl groups excluding tert-OH is 1. The number of rotatable bonds is 9. The van der Waals surface area contributed by atoms with E-state index < -0.39 is 11.7 Å². The summed E-state index contributed by atoms with van der Waals surface area (Å²) in [6.45, 7) is 6.79. The van der Waals surface area contributed by atoms with Gasteiger partial charge in [0.2, 0.25) is 0 Å². The fraction of sp³-hybridized carbons (Fsp3) is 0.370. The summed E-state index contributed by atoms with van der Waals surface area (Å²) in [5, 5.41) is 11.7. The van der Waals surface area contributed by atoms with Crippen LogP contribution in [0, 0.1) is 5.41 Å². The molecule has 3 aromatic rings. The van der Waals surface area contributed by atoms with Crippen LogP contribution in [-0.2, 0) is 6.18 Å². The van der Waals surface area contributed by atoms with Crippen molar-refractivity contribution in [2.24, 2.45) is 5.41 Å². The number of amides is 1. The van der Waals surface area contributed by atoms with Gasteiger partial charge in [-0.05, 0) is 65.8 Å². The summed E-state index contributed by atoms with van der Waals surface area (Å²) in [4.78, 5) is 13.9. The fourth-order valence-electron chi connectivity index (χ4n) is 3.51. The third-order valence-electron chi connectivity index (χ3n) is 5.26. The smallest absolute Gasteiger partial charge is 0.416 e. The monoisotopic (exact) mass is 505 g/mol. The van der Waals surface area contributed by atoms with E-state index in [2.05, 4.69) is 26.1 Å². The lowest BCUT2D eigenvalue weighted by Gasteiger charge is -2.26. The Bertz CT molecular complexity index is 1100. The van der Waals surface area contributed by atoms with Crippen LogP contribution in [0.2, 0.25) is 0 Å². The Morgan fingerprint density at radius 3 is 2.11 bits per heavy atom. The number of halogens is 3. The summed E-state index contributed by atoms with van der Waals surface area (Å²) in [7, 11) is 0. The van der Waals surface area contributed by atoms with Crippen LogP contribution in [0.25, 0.3) is 11.1 Å². The molecule has 2 aromatic carbocycles. The van der Waals surface area contributed by atoms with Gasteiger partial charge in [-0.25, -0.2) is 0 Å². The molecule has 0 bridgehead atoms. The van der Waals surface area contributed by atoms with E-state index in [4.69, 9.17) is 9.84 Å². The lowest BCUT2D eigenvalue weighted by molar-refractivity contribution is -0.137. The average molecular weight is 506 g/mol. The maximum atomic E-state index is 12.8. The van der Waals surface area contributed by atoms with Gasteiger partial charge in [0, 0.05) is 18.0 Å². The molecule has 188 valence electrons. The van der Waals surface area contributed by atoms with E-state index >= 15 is 0 Å². The summed E-state index contributed by atoms with van der Waals surface area (Å²) < 4.78 is 44.8. The van der Waals surface area contributed by atoms with Crippen molar-refractivity contribution >= 4 is 17.2 Å². The van der Waals surface area contributed by atoms with E-state index in [0.29, 0.717) is 29.2 Å². The maximum Gasteiger partial charge on any atom is 0.416 e. The third kappa shape index (κ3) is 7.83. The SMILES string of the molecule is CC(C)(C)CC(Oc1ccc(-c2ccc(C(F)(F)F)cc2)cc1)c1ccc(C(=O)NCCCO)s1. The minimum Gasteiger partial charge on any atom is -0.485 e. The molecule has 1 unspecified atom stereocenters. The number of alkyl halides is 3. The van der Waals surface area contributed by atoms with Gasteiger partial charge in [0.25, 0.3) is 5.91 Å². The first-order chi connectivity index (χ1) is 16.5. The van der Waals surface area contributed by atoms with Crippen LogP contribution in [-0.4, -0.2) is 24.2 Å². The van der Waals surface area contributed by atoms with E-state index in [-0.39, 0.29) is 24.0 Å². The van der Waals surface area contributed by atoms with Gasteiger partial charge < -0.3 is 15.2 Å². The molecule has 0 saturated heterocycles. The number of carbonyl (C=O) groups is 1. The maximum absolute atomic E-state index is 12.8. The molecule has 0 spiro atoms. The first kappa shape index (κ1) is 26.8. The molecule has 0 aliphatic rings. The molecule has 0 fully saturated rings. The predicted molar refractivity (Wildman–Crippen MR) is 133 cm³/mol. The Labute approximate surface area is 207 Å². The number of hydrogen-bond donors (Lipinski definition) is 2. The van der Waals surface area contributed by atoms with E-state index in [1.54, 1.807) is 18.2 Å². The topological polar surface area (TPSA) is 58.6 Å². The molecule has 1 heterocycles. The first-order valence-electron chi connectivity index (χ1n) is 11.4. The van der Waals surface area contributed by atoms with Crippen LogP contribution >= 0.6 is 11.3 Å². The Balaban J connectivity index is 1.75. The number of ether oxygens (including phenoxy) is 1. The van der Waals surface area contributed by atoms with Gasteiger partial charge in [-0.15, -0.1) is 11.3 Å². The largest absolute Gasteiger partial charge is 0.485 e. The second-order valence-corrected chi connectivity index (χ2v) is 10.6. The zero-order valence-electron chi connectivity index (χ0n) is 20.0. The van der Waals surface area contributed by atoms with Gasteiger partial charge in [-0.2, -0.15) is 13.2 Å². The third-order valence-corrected chi connectivity index (χ3v) is 6.44. The second kappa shape index (κ2) is 11.3. The van der Waals surface area contributed by atoms with E-state index in [9.17, 15) is 18.0 Å². The van der Waals surface area contributed by atoms with Crippen molar-refractivity contribution in [2.45, 2.75) is 45.9 Å². The lowest BCUT2D eigenvalue weighted by atomic mass is 9.88. The first-order valence-corrected chi connectivity index (χ1v) is 12.2. The molecule has 0 saturated carbocycles. The summed E-state index contributed by atoms with van der Waals surface area (Å²) in [5.41, 5.74) is 0.768. The number of hydrogen-bond acceptors (Lipinski definition) is 4. The molecule has 0 aliphatic heterocycles. The zero-order valence-corrected chi connectivity index (χ0v) is 20.8. The summed E-state index contributed by atoms with van der Waals surface area (Å²) >= 11 is 1.38. The van der Waals surface area contributed by atoms with Crippen molar-refractivity contribution in [3.63, 3.8) is 0 Å². The minimum absolute atomic E-state index is 0.0229. The van der Waals surface area contributed by atoms with Gasteiger partial charge in [-0.1, -0.05) is 45.0 Å². The number of benzene rings is 2. The minimum atomic E-state index is -4.36. The highest BCUT2D eigenvalue weighted by Gasteiger charge is 2.30. The van der Waals surface area contributed by atoms with Crippen LogP contribution in [0.1, 0.15) is 59.8 Å². The van der Waals surface area contributed by atoms with Crippen LogP contribution in [0.15, 0.2) is 60.7 Å². The Morgan fingerprint density at radius 2 is 1.57 bits per heavy atom. The number of aliphatic hydroxyl groups is 1. The molecule has 1 amide bonds. The lowest BCUT2D eigenvalue weighted by Crippen LogP contribution is -2.24. The van der Waals surface area contributed by atoms with Crippen molar-refractivity contribution in [2.75, 3.05) is 13.2 Å². The highest BCUT2D eigenvalue weighted by Crippen LogP contribution is 2.37. The molecule has 2 N–H and O–H groups in total. The van der Waals surface area contributed by atoms with Gasteiger partial charge in [0.15, 0.2) is 0 Å². The molecule has 1 atom stereocenters. The zero-order chi connectivity index (χ0) is 25.6. The predicted octanol–water partition coefficient (Wildman–Crippen LogP) is 7.10. The van der Waals surface area contributed by atoms with Gasteiger partial charge in [0.1, 0.15) is 11.9 Å². The van der Waals surface area contributed by atoms with Crippen molar-refractivity contribution in [3.8, 4) is 16.9 Å². The van der Waals surface area contributed by atoms with Crippen molar-refractivity contribution in [1.82, 2.24) is 5.32 Å². The van der Waals surface area contributed by atoms with Crippen molar-refractivity contribution in [1.29, 1.82) is 0 Å². The Hall–Kier alpha value is -2.84. The highest BCUT2D eigenvalue weighted by molar-refractivity contribution is 7.14. The van der Waals surface area contributed by atoms with Gasteiger partial charge in [0.05, 0.1) is 10.4 Å². The molecular weight excluding hydrogens is 475 g/mol. The highest BCUT2D eigenvalue weighted by atomic mass is 32.1. The molecule has 1 aromatic heterocycles. The van der Waals surface area contributed by atoms with Crippen molar-refractivity contribution < 1.29 is 27.8 Å². The normalized spacial score (nSPS) is 12.9. The number of carbonyl (C=O) groups excluding carboxylic acids is 1. The van der Waals surface area contributed by atoms with E-state index in [1.165, 1.54) is 23.5 Å².